The van der Waals surface area contributed by atoms with Crippen molar-refractivity contribution in [2.24, 2.45) is 17.3 Å². The maximum Gasteiger partial charge on any atom is 0.326 e. The van der Waals surface area contributed by atoms with Crippen molar-refractivity contribution in [3.05, 3.63) is 35.9 Å². The van der Waals surface area contributed by atoms with Crippen LogP contribution in [0.4, 0.5) is 0 Å². The van der Waals surface area contributed by atoms with Gasteiger partial charge in [-0.05, 0) is 42.6 Å². The number of amides is 1. The zero-order chi connectivity index (χ0) is 17.7. The fourth-order valence-corrected chi connectivity index (χ4v) is 3.46. The molecule has 1 fully saturated rings. The third-order valence-electron chi connectivity index (χ3n) is 5.79. The molecular formula is C20H29NO3. The molecule has 0 aromatic heterocycles. The fraction of sp³-hybridized carbons (Fsp3) is 0.600. The van der Waals surface area contributed by atoms with Crippen molar-refractivity contribution in [2.45, 2.75) is 58.9 Å². The van der Waals surface area contributed by atoms with Crippen molar-refractivity contribution in [3.8, 4) is 0 Å². The van der Waals surface area contributed by atoms with Gasteiger partial charge in [-0.2, -0.15) is 0 Å². The predicted octanol–water partition coefficient (Wildman–Crippen LogP) is 3.65. The number of rotatable bonds is 6. The van der Waals surface area contributed by atoms with Crippen molar-refractivity contribution in [3.63, 3.8) is 0 Å². The molecule has 4 nitrogen and oxygen atoms in total. The predicted molar refractivity (Wildman–Crippen MR) is 94.6 cm³/mol. The van der Waals surface area contributed by atoms with Crippen molar-refractivity contribution in [1.29, 1.82) is 0 Å². The molecule has 2 N–H and O–H groups in total. The standard InChI is InChI=1S/C20H29NO3/c1-14(2)20(3)11-9-16(10-12-20)18(22)21-17(19(23)24)13-15-7-5-4-6-8-15/h4-8,14,16-17H,9-13H2,1-3H3,(H,21,22)(H,23,24). The number of aliphatic carboxylic acids is 1. The number of carboxylic acids is 1. The zero-order valence-electron chi connectivity index (χ0n) is 14.9. The molecule has 0 saturated heterocycles. The number of nitrogens with one attached hydrogen (secondary N) is 1. The minimum absolute atomic E-state index is 0.0607. The number of carbonyl (C=O) groups is 2. The lowest BCUT2D eigenvalue weighted by Gasteiger charge is -2.40. The van der Waals surface area contributed by atoms with E-state index in [0.29, 0.717) is 17.8 Å². The summed E-state index contributed by atoms with van der Waals surface area (Å²) in [6.45, 7) is 6.77. The molecular weight excluding hydrogens is 302 g/mol. The Morgan fingerprint density at radius 2 is 1.79 bits per heavy atom. The smallest absolute Gasteiger partial charge is 0.326 e. The molecule has 0 heterocycles. The molecule has 1 unspecified atom stereocenters. The van der Waals surface area contributed by atoms with Crippen molar-refractivity contribution in [1.82, 2.24) is 5.32 Å². The van der Waals surface area contributed by atoms with Gasteiger partial charge in [0, 0.05) is 12.3 Å². The maximum atomic E-state index is 12.5. The van der Waals surface area contributed by atoms with Gasteiger partial charge in [-0.25, -0.2) is 4.79 Å². The van der Waals surface area contributed by atoms with Crippen LogP contribution in [-0.4, -0.2) is 23.0 Å². The monoisotopic (exact) mass is 331 g/mol. The number of hydrogen-bond acceptors (Lipinski definition) is 2. The molecule has 2 rings (SSSR count). The van der Waals surface area contributed by atoms with Gasteiger partial charge in [-0.1, -0.05) is 51.1 Å². The first-order chi connectivity index (χ1) is 11.3. The largest absolute Gasteiger partial charge is 0.480 e. The van der Waals surface area contributed by atoms with Crippen LogP contribution in [0.5, 0.6) is 0 Å². The van der Waals surface area contributed by atoms with Crippen LogP contribution in [0.15, 0.2) is 30.3 Å². The highest BCUT2D eigenvalue weighted by atomic mass is 16.4. The third kappa shape index (κ3) is 4.59. The maximum absolute atomic E-state index is 12.5. The molecule has 1 amide bonds. The third-order valence-corrected chi connectivity index (χ3v) is 5.79. The lowest BCUT2D eigenvalue weighted by molar-refractivity contribution is -0.142. The highest BCUT2D eigenvalue weighted by Crippen LogP contribution is 2.43. The van der Waals surface area contributed by atoms with Crippen molar-refractivity contribution >= 4 is 11.9 Å². The highest BCUT2D eigenvalue weighted by molar-refractivity contribution is 5.85. The average Bonchev–Trinajstić information content (AvgIpc) is 2.55. The molecule has 0 radical (unpaired) electrons. The Bertz CT molecular complexity index is 560. The van der Waals surface area contributed by atoms with Gasteiger partial charge in [-0.15, -0.1) is 0 Å². The molecule has 1 aliphatic rings. The van der Waals surface area contributed by atoms with E-state index in [1.165, 1.54) is 0 Å². The van der Waals surface area contributed by atoms with Crippen LogP contribution in [0, 0.1) is 17.3 Å². The first-order valence-corrected chi connectivity index (χ1v) is 8.89. The summed E-state index contributed by atoms with van der Waals surface area (Å²) in [5.74, 6) is -0.542. The summed E-state index contributed by atoms with van der Waals surface area (Å²) in [6.07, 6.45) is 4.06. The van der Waals surface area contributed by atoms with E-state index < -0.39 is 12.0 Å². The van der Waals surface area contributed by atoms with Gasteiger partial charge in [-0.3, -0.25) is 4.79 Å². The first kappa shape index (κ1) is 18.5. The second kappa shape index (κ2) is 7.82. The van der Waals surface area contributed by atoms with Gasteiger partial charge < -0.3 is 10.4 Å². The normalized spacial score (nSPS) is 25.2. The van der Waals surface area contributed by atoms with Crippen LogP contribution in [0.25, 0.3) is 0 Å². The summed E-state index contributed by atoms with van der Waals surface area (Å²) < 4.78 is 0. The van der Waals surface area contributed by atoms with Crippen LogP contribution in [-0.2, 0) is 16.0 Å². The van der Waals surface area contributed by atoms with Gasteiger partial charge in [0.15, 0.2) is 0 Å². The Morgan fingerprint density at radius 3 is 2.29 bits per heavy atom. The zero-order valence-corrected chi connectivity index (χ0v) is 14.9. The fourth-order valence-electron chi connectivity index (χ4n) is 3.46. The Hall–Kier alpha value is -1.84. The lowest BCUT2D eigenvalue weighted by Crippen LogP contribution is -2.46. The number of carbonyl (C=O) groups excluding carboxylic acids is 1. The molecule has 1 aromatic carbocycles. The molecule has 0 spiro atoms. The van der Waals surface area contributed by atoms with Crippen LogP contribution in [0.1, 0.15) is 52.0 Å². The Morgan fingerprint density at radius 1 is 1.21 bits per heavy atom. The molecule has 0 aliphatic heterocycles. The Balaban J connectivity index is 1.93. The molecule has 1 aromatic rings. The van der Waals surface area contributed by atoms with Gasteiger partial charge in [0.25, 0.3) is 0 Å². The molecule has 1 atom stereocenters. The number of carboxylic acid groups (broad SMARTS) is 1. The van der Waals surface area contributed by atoms with E-state index >= 15 is 0 Å². The van der Waals surface area contributed by atoms with Gasteiger partial charge in [0.2, 0.25) is 5.91 Å². The topological polar surface area (TPSA) is 66.4 Å². The van der Waals surface area contributed by atoms with Crippen LogP contribution >= 0.6 is 0 Å². The molecule has 4 heteroatoms. The second-order valence-corrected chi connectivity index (χ2v) is 7.67. The number of benzene rings is 1. The van der Waals surface area contributed by atoms with Crippen molar-refractivity contribution < 1.29 is 14.7 Å². The summed E-state index contributed by atoms with van der Waals surface area (Å²) >= 11 is 0. The van der Waals surface area contributed by atoms with Gasteiger partial charge >= 0.3 is 5.97 Å². The van der Waals surface area contributed by atoms with Crippen LogP contribution < -0.4 is 5.32 Å². The minimum Gasteiger partial charge on any atom is -0.480 e. The first-order valence-electron chi connectivity index (χ1n) is 8.89. The summed E-state index contributed by atoms with van der Waals surface area (Å²) in [5.41, 5.74) is 1.22. The van der Waals surface area contributed by atoms with E-state index in [9.17, 15) is 14.7 Å². The summed E-state index contributed by atoms with van der Waals surface area (Å²) in [7, 11) is 0. The summed E-state index contributed by atoms with van der Waals surface area (Å²) in [6, 6.07) is 8.56. The van der Waals surface area contributed by atoms with Crippen LogP contribution in [0.2, 0.25) is 0 Å². The number of hydrogen-bond donors (Lipinski definition) is 2. The quantitative estimate of drug-likeness (QED) is 0.836. The van der Waals surface area contributed by atoms with E-state index in [-0.39, 0.29) is 11.8 Å². The van der Waals surface area contributed by atoms with E-state index in [2.05, 4.69) is 26.1 Å². The SMILES string of the molecule is CC(C)C1(C)CCC(C(=O)NC(Cc2ccccc2)C(=O)O)CC1. The Kier molecular flexibility index (Phi) is 6.03. The van der Waals surface area contributed by atoms with E-state index in [4.69, 9.17) is 0 Å². The van der Waals surface area contributed by atoms with E-state index in [1.807, 2.05) is 30.3 Å². The molecule has 1 aliphatic carbocycles. The lowest BCUT2D eigenvalue weighted by atomic mass is 9.66. The summed E-state index contributed by atoms with van der Waals surface area (Å²) in [5, 5.41) is 12.2. The molecule has 1 saturated carbocycles. The van der Waals surface area contributed by atoms with E-state index in [1.54, 1.807) is 0 Å². The van der Waals surface area contributed by atoms with E-state index in [0.717, 1.165) is 31.2 Å². The Labute approximate surface area is 144 Å². The van der Waals surface area contributed by atoms with Gasteiger partial charge in [0.1, 0.15) is 6.04 Å². The molecule has 0 bridgehead atoms. The second-order valence-electron chi connectivity index (χ2n) is 7.67. The molecule has 24 heavy (non-hydrogen) atoms. The minimum atomic E-state index is -0.977. The highest BCUT2D eigenvalue weighted by Gasteiger charge is 2.36. The van der Waals surface area contributed by atoms with Crippen LogP contribution in [0.3, 0.4) is 0 Å². The summed E-state index contributed by atoms with van der Waals surface area (Å²) in [4.78, 5) is 24.0. The average molecular weight is 331 g/mol. The molecule has 132 valence electrons. The van der Waals surface area contributed by atoms with Gasteiger partial charge in [0.05, 0.1) is 0 Å². The van der Waals surface area contributed by atoms with Crippen molar-refractivity contribution in [2.75, 3.05) is 0 Å².